The van der Waals surface area contributed by atoms with Crippen LogP contribution in [0.15, 0.2) is 6.33 Å². The van der Waals surface area contributed by atoms with Crippen LogP contribution in [0.1, 0.15) is 22.2 Å². The van der Waals surface area contributed by atoms with Gasteiger partial charge >= 0.3 is 0 Å². The van der Waals surface area contributed by atoms with Crippen LogP contribution in [0.25, 0.3) is 0 Å². The normalized spacial score (nSPS) is 19.4. The van der Waals surface area contributed by atoms with Crippen LogP contribution in [0.3, 0.4) is 0 Å². The molecule has 0 radical (unpaired) electrons. The molecule has 0 saturated heterocycles. The Morgan fingerprint density at radius 1 is 1.53 bits per heavy atom. The van der Waals surface area contributed by atoms with E-state index in [4.69, 9.17) is 0 Å². The first-order valence-corrected chi connectivity index (χ1v) is 5.53. The van der Waals surface area contributed by atoms with E-state index in [2.05, 4.69) is 16.0 Å². The zero-order valence-electron chi connectivity index (χ0n) is 9.99. The molecule has 0 aromatic carbocycles. The average molecular weight is 239 g/mol. The monoisotopic (exact) mass is 239 g/mol. The number of amides is 2. The molecule has 1 aromatic heterocycles. The number of nitrogens with one attached hydrogen (secondary N) is 2. The zero-order chi connectivity index (χ0) is 12.6. The van der Waals surface area contributed by atoms with Gasteiger partial charge in [-0.15, -0.1) is 0 Å². The second-order valence-corrected chi connectivity index (χ2v) is 4.50. The number of hydrogen-bond donors (Lipinski definition) is 3. The third-order valence-electron chi connectivity index (χ3n) is 2.82. The first-order valence-electron chi connectivity index (χ1n) is 5.53. The van der Waals surface area contributed by atoms with Crippen molar-refractivity contribution >= 4 is 11.8 Å². The number of imidazole rings is 1. The van der Waals surface area contributed by atoms with Gasteiger partial charge in [0.2, 0.25) is 6.04 Å². The number of quaternary nitrogens is 2. The number of fused-ring (bicyclic) bond motifs is 1. The van der Waals surface area contributed by atoms with Gasteiger partial charge in [-0.05, 0) is 0 Å². The van der Waals surface area contributed by atoms with E-state index in [0.29, 0.717) is 17.9 Å². The Kier molecular flexibility index (Phi) is 2.95. The van der Waals surface area contributed by atoms with E-state index in [1.54, 1.807) is 10.9 Å². The Morgan fingerprint density at radius 3 is 2.88 bits per heavy atom. The van der Waals surface area contributed by atoms with Crippen LogP contribution in [0.2, 0.25) is 0 Å². The molecular weight excluding hydrogens is 222 g/mol. The van der Waals surface area contributed by atoms with E-state index in [0.717, 1.165) is 6.54 Å². The molecule has 2 amide bonds. The minimum absolute atomic E-state index is 0.379. The lowest BCUT2D eigenvalue weighted by atomic mass is 10.1. The number of nitrogens with zero attached hydrogens (tertiary/aromatic N) is 2. The third-order valence-corrected chi connectivity index (χ3v) is 2.82. The van der Waals surface area contributed by atoms with E-state index in [1.807, 2.05) is 14.1 Å². The van der Waals surface area contributed by atoms with Gasteiger partial charge in [-0.25, -0.2) is 4.98 Å². The zero-order valence-corrected chi connectivity index (χ0v) is 9.99. The van der Waals surface area contributed by atoms with Gasteiger partial charge in [-0.2, -0.15) is 0 Å². The first kappa shape index (κ1) is 11.7. The minimum atomic E-state index is -0.601. The van der Waals surface area contributed by atoms with Gasteiger partial charge in [-0.3, -0.25) is 14.9 Å². The Morgan fingerprint density at radius 2 is 2.24 bits per heavy atom. The largest absolute Gasteiger partial charge is 0.342 e. The summed E-state index contributed by atoms with van der Waals surface area (Å²) in [5.74, 6) is -0.762. The summed E-state index contributed by atoms with van der Waals surface area (Å²) in [5.41, 5.74) is 4.66. The Bertz CT molecular complexity index is 465. The van der Waals surface area contributed by atoms with Crippen LogP contribution < -0.4 is 16.0 Å². The minimum Gasteiger partial charge on any atom is -0.342 e. The molecule has 0 aliphatic carbocycles. The van der Waals surface area contributed by atoms with Gasteiger partial charge in [0.25, 0.3) is 11.8 Å². The molecule has 2 rings (SSSR count). The van der Waals surface area contributed by atoms with Gasteiger partial charge in [0.05, 0.1) is 33.5 Å². The Labute approximate surface area is 98.6 Å². The quantitative estimate of drug-likeness (QED) is 0.479. The van der Waals surface area contributed by atoms with Crippen molar-refractivity contribution in [3.05, 3.63) is 17.7 Å². The number of imide groups is 1. The van der Waals surface area contributed by atoms with Crippen LogP contribution >= 0.6 is 0 Å². The summed E-state index contributed by atoms with van der Waals surface area (Å²) in [4.78, 5) is 28.5. The van der Waals surface area contributed by atoms with Gasteiger partial charge in [0.15, 0.2) is 0 Å². The standard InChI is InChI=1S/C10H15N5O2/c1-14(2)3-4-15-5-12-7-6(11)9(16)13-10(17)8(7)15/h5-6H,3-4,11H2,1-2H3,(H,13,16,17)/p+2/t6-/m1/s1. The Hall–Kier alpha value is -1.73. The molecule has 0 saturated carbocycles. The smallest absolute Gasteiger partial charge is 0.291 e. The van der Waals surface area contributed by atoms with Gasteiger partial charge in [-0.1, -0.05) is 0 Å². The average Bonchev–Trinajstić information content (AvgIpc) is 2.67. The van der Waals surface area contributed by atoms with E-state index in [1.165, 1.54) is 4.90 Å². The lowest BCUT2D eigenvalue weighted by molar-refractivity contribution is -0.858. The molecule has 0 bridgehead atoms. The first-order chi connectivity index (χ1) is 8.00. The lowest BCUT2D eigenvalue weighted by Gasteiger charge is -2.16. The molecule has 7 heteroatoms. The third kappa shape index (κ3) is 2.06. The number of likely N-dealkylation sites (N-methyl/N-ethyl adjacent to an activating group) is 1. The molecule has 1 atom stereocenters. The molecule has 92 valence electrons. The fourth-order valence-corrected chi connectivity index (χ4v) is 1.80. The van der Waals surface area contributed by atoms with Crippen LogP contribution in [-0.2, 0) is 11.3 Å². The Balaban J connectivity index is 2.30. The maximum Gasteiger partial charge on any atom is 0.291 e. The van der Waals surface area contributed by atoms with Gasteiger partial charge < -0.3 is 15.2 Å². The summed E-state index contributed by atoms with van der Waals surface area (Å²) < 4.78 is 1.78. The molecule has 0 spiro atoms. The predicted molar refractivity (Wildman–Crippen MR) is 58.0 cm³/mol. The van der Waals surface area contributed by atoms with E-state index in [9.17, 15) is 9.59 Å². The number of aromatic nitrogens is 2. The predicted octanol–water partition coefficient (Wildman–Crippen LogP) is -3.42. The van der Waals surface area contributed by atoms with Gasteiger partial charge in [0.1, 0.15) is 11.4 Å². The second kappa shape index (κ2) is 4.27. The highest BCUT2D eigenvalue weighted by molar-refractivity contribution is 6.09. The van der Waals surface area contributed by atoms with Crippen molar-refractivity contribution in [3.8, 4) is 0 Å². The number of carbonyl (C=O) groups is 2. The summed E-state index contributed by atoms with van der Waals surface area (Å²) in [7, 11) is 4.08. The SMILES string of the molecule is C[NH+](C)CCn1cnc2c1C(=O)NC(=O)[C@@H]2[NH3+]. The lowest BCUT2D eigenvalue weighted by Crippen LogP contribution is -3.06. The summed E-state index contributed by atoms with van der Waals surface area (Å²) in [5, 5.41) is 2.29. The summed E-state index contributed by atoms with van der Waals surface area (Å²) in [6, 6.07) is -0.601. The molecule has 0 unspecified atom stereocenters. The maximum atomic E-state index is 11.7. The van der Waals surface area contributed by atoms with Crippen LogP contribution in [-0.4, -0.2) is 42.0 Å². The summed E-state index contributed by atoms with van der Waals surface area (Å²) in [6.07, 6.45) is 1.60. The van der Waals surface area contributed by atoms with Crippen LogP contribution in [0.5, 0.6) is 0 Å². The van der Waals surface area contributed by atoms with Crippen LogP contribution in [0, 0.1) is 0 Å². The molecule has 7 nitrogen and oxygen atoms in total. The van der Waals surface area contributed by atoms with E-state index in [-0.39, 0.29) is 11.8 Å². The molecule has 1 aromatic rings. The van der Waals surface area contributed by atoms with Crippen molar-refractivity contribution in [2.45, 2.75) is 12.6 Å². The highest BCUT2D eigenvalue weighted by atomic mass is 16.2. The van der Waals surface area contributed by atoms with Gasteiger partial charge in [0, 0.05) is 0 Å². The topological polar surface area (TPSA) is 96.1 Å². The number of carbonyl (C=O) groups excluding carboxylic acids is 2. The number of hydrogen-bond acceptors (Lipinski definition) is 3. The molecule has 17 heavy (non-hydrogen) atoms. The fraction of sp³-hybridized carbons (Fsp3) is 0.500. The van der Waals surface area contributed by atoms with Crippen molar-refractivity contribution in [1.82, 2.24) is 14.9 Å². The summed E-state index contributed by atoms with van der Waals surface area (Å²) >= 11 is 0. The summed E-state index contributed by atoms with van der Waals surface area (Å²) in [6.45, 7) is 1.57. The fourth-order valence-electron chi connectivity index (χ4n) is 1.80. The van der Waals surface area contributed by atoms with Crippen molar-refractivity contribution in [2.75, 3.05) is 20.6 Å². The maximum absolute atomic E-state index is 11.7. The highest BCUT2D eigenvalue weighted by Crippen LogP contribution is 2.17. The molecule has 5 N–H and O–H groups in total. The molecule has 2 heterocycles. The van der Waals surface area contributed by atoms with Crippen molar-refractivity contribution < 1.29 is 20.2 Å². The van der Waals surface area contributed by atoms with Crippen molar-refractivity contribution in [3.63, 3.8) is 0 Å². The molecule has 1 aliphatic heterocycles. The second-order valence-electron chi connectivity index (χ2n) is 4.50. The molecular formula is C10H17N5O2+2. The van der Waals surface area contributed by atoms with E-state index < -0.39 is 6.04 Å². The molecule has 1 aliphatic rings. The van der Waals surface area contributed by atoms with Crippen LogP contribution in [0.4, 0.5) is 0 Å². The van der Waals surface area contributed by atoms with Crippen molar-refractivity contribution in [1.29, 1.82) is 0 Å². The highest BCUT2D eigenvalue weighted by Gasteiger charge is 2.36. The number of rotatable bonds is 3. The van der Waals surface area contributed by atoms with Crippen molar-refractivity contribution in [2.24, 2.45) is 0 Å². The van der Waals surface area contributed by atoms with E-state index >= 15 is 0 Å². The molecule has 0 fully saturated rings.